The Morgan fingerprint density at radius 2 is 1.71 bits per heavy atom. The fourth-order valence-electron chi connectivity index (χ4n) is 4.12. The maximum Gasteiger partial charge on any atom is 0.330 e. The summed E-state index contributed by atoms with van der Waals surface area (Å²) in [6.07, 6.45) is 9.38. The van der Waals surface area contributed by atoms with Crippen molar-refractivity contribution in [3.8, 4) is 0 Å². The molecule has 0 aliphatic heterocycles. The van der Waals surface area contributed by atoms with E-state index in [0.717, 1.165) is 51.4 Å². The van der Waals surface area contributed by atoms with Crippen LogP contribution < -0.4 is 11.2 Å². The van der Waals surface area contributed by atoms with Gasteiger partial charge in [-0.1, -0.05) is 43.7 Å². The van der Waals surface area contributed by atoms with Crippen LogP contribution in [0.4, 0.5) is 0 Å². The molecular weight excluding hydrogens is 288 g/mol. The fraction of sp³-hybridized carbons (Fsp3) is 0.750. The molecule has 1 aromatic heterocycles. The summed E-state index contributed by atoms with van der Waals surface area (Å²) in [6, 6.07) is 0. The van der Waals surface area contributed by atoms with Gasteiger partial charge in [0.2, 0.25) is 0 Å². The summed E-state index contributed by atoms with van der Waals surface area (Å²) in [5, 5.41) is 0.257. The van der Waals surface area contributed by atoms with Gasteiger partial charge in [0.05, 0.1) is 5.56 Å². The summed E-state index contributed by atoms with van der Waals surface area (Å²) in [6.45, 7) is 2.04. The molecule has 5 heteroatoms. The van der Waals surface area contributed by atoms with Crippen molar-refractivity contribution in [3.05, 3.63) is 31.6 Å². The molecule has 0 unspecified atom stereocenters. The zero-order valence-electron chi connectivity index (χ0n) is 12.6. The standard InChI is InChI=1S/C16H23ClN2O2/c1-16(9-5-2-6-10-16)19-14(20)12(11-7-3-4-8-11)13(17)18-15(19)21/h11H,2-10H2,1H3,(H,18,21). The topological polar surface area (TPSA) is 54.9 Å². The highest BCUT2D eigenvalue weighted by molar-refractivity contribution is 6.30. The minimum absolute atomic E-state index is 0.153. The smallest absolute Gasteiger partial charge is 0.297 e. The summed E-state index contributed by atoms with van der Waals surface area (Å²) < 4.78 is 1.46. The van der Waals surface area contributed by atoms with Crippen molar-refractivity contribution in [3.63, 3.8) is 0 Å². The Hall–Kier alpha value is -1.03. The molecule has 0 bridgehead atoms. The Kier molecular flexibility index (Phi) is 4.00. The van der Waals surface area contributed by atoms with Gasteiger partial charge < -0.3 is 0 Å². The molecule has 1 heterocycles. The van der Waals surface area contributed by atoms with Gasteiger partial charge in [0, 0.05) is 5.54 Å². The molecule has 0 atom stereocenters. The summed E-state index contributed by atoms with van der Waals surface area (Å²) >= 11 is 6.20. The highest BCUT2D eigenvalue weighted by Crippen LogP contribution is 2.36. The number of H-pyrrole nitrogens is 1. The van der Waals surface area contributed by atoms with Crippen molar-refractivity contribution in [2.45, 2.75) is 76.2 Å². The van der Waals surface area contributed by atoms with Crippen molar-refractivity contribution < 1.29 is 0 Å². The normalized spacial score (nSPS) is 22.6. The third kappa shape index (κ3) is 2.59. The molecule has 2 fully saturated rings. The molecule has 1 aromatic rings. The molecule has 2 aliphatic carbocycles. The predicted octanol–water partition coefficient (Wildman–Crippen LogP) is 3.53. The van der Waals surface area contributed by atoms with Crippen LogP contribution >= 0.6 is 11.6 Å². The van der Waals surface area contributed by atoms with Crippen molar-refractivity contribution >= 4 is 11.6 Å². The van der Waals surface area contributed by atoms with Gasteiger partial charge >= 0.3 is 5.69 Å². The molecule has 1 N–H and O–H groups in total. The van der Waals surface area contributed by atoms with Crippen LogP contribution in [-0.4, -0.2) is 9.55 Å². The molecule has 116 valence electrons. The Balaban J connectivity index is 2.14. The zero-order chi connectivity index (χ0) is 15.0. The second-order valence-corrected chi connectivity index (χ2v) is 7.22. The second-order valence-electron chi connectivity index (χ2n) is 6.84. The van der Waals surface area contributed by atoms with Crippen LogP contribution in [0.25, 0.3) is 0 Å². The molecule has 0 aromatic carbocycles. The van der Waals surface area contributed by atoms with Gasteiger partial charge in [0.25, 0.3) is 5.56 Å². The lowest BCUT2D eigenvalue weighted by atomic mass is 9.83. The molecule has 0 amide bonds. The summed E-state index contributed by atoms with van der Waals surface area (Å²) in [5.41, 5.74) is -0.224. The minimum Gasteiger partial charge on any atom is -0.297 e. The lowest BCUT2D eigenvalue weighted by Crippen LogP contribution is -2.50. The first-order chi connectivity index (χ1) is 10.0. The molecule has 0 spiro atoms. The molecule has 0 saturated heterocycles. The minimum atomic E-state index is -0.360. The second kappa shape index (κ2) is 5.64. The van der Waals surface area contributed by atoms with E-state index in [1.807, 2.05) is 6.92 Å². The monoisotopic (exact) mass is 310 g/mol. The number of rotatable bonds is 2. The molecule has 4 nitrogen and oxygen atoms in total. The predicted molar refractivity (Wildman–Crippen MR) is 84.3 cm³/mol. The van der Waals surface area contributed by atoms with Gasteiger partial charge in [-0.15, -0.1) is 0 Å². The van der Waals surface area contributed by atoms with Gasteiger partial charge in [0.1, 0.15) is 5.15 Å². The first-order valence-electron chi connectivity index (χ1n) is 8.08. The van der Waals surface area contributed by atoms with Gasteiger partial charge in [-0.2, -0.15) is 0 Å². The molecule has 21 heavy (non-hydrogen) atoms. The van der Waals surface area contributed by atoms with Crippen LogP contribution in [0.15, 0.2) is 9.59 Å². The van der Waals surface area contributed by atoms with Crippen LogP contribution in [0.3, 0.4) is 0 Å². The first-order valence-corrected chi connectivity index (χ1v) is 8.46. The van der Waals surface area contributed by atoms with Crippen LogP contribution in [0, 0.1) is 0 Å². The van der Waals surface area contributed by atoms with Crippen LogP contribution in [-0.2, 0) is 5.54 Å². The van der Waals surface area contributed by atoms with Gasteiger partial charge in [-0.05, 0) is 38.5 Å². The van der Waals surface area contributed by atoms with Crippen molar-refractivity contribution in [1.29, 1.82) is 0 Å². The lowest BCUT2D eigenvalue weighted by molar-refractivity contribution is 0.203. The largest absolute Gasteiger partial charge is 0.330 e. The van der Waals surface area contributed by atoms with Gasteiger partial charge in [-0.25, -0.2) is 4.79 Å². The summed E-state index contributed by atoms with van der Waals surface area (Å²) in [5.74, 6) is 0.209. The van der Waals surface area contributed by atoms with Crippen LogP contribution in [0.5, 0.6) is 0 Å². The molecule has 2 saturated carbocycles. The van der Waals surface area contributed by atoms with E-state index in [-0.39, 0.29) is 27.9 Å². The number of nitrogens with zero attached hydrogens (tertiary/aromatic N) is 1. The van der Waals surface area contributed by atoms with E-state index in [4.69, 9.17) is 11.6 Å². The van der Waals surface area contributed by atoms with E-state index in [1.54, 1.807) is 0 Å². The van der Waals surface area contributed by atoms with Crippen LogP contribution in [0.1, 0.15) is 76.2 Å². The average molecular weight is 311 g/mol. The van der Waals surface area contributed by atoms with Crippen molar-refractivity contribution in [2.75, 3.05) is 0 Å². The van der Waals surface area contributed by atoms with Gasteiger partial charge in [-0.3, -0.25) is 14.3 Å². The average Bonchev–Trinajstić information content (AvgIpc) is 2.92. The van der Waals surface area contributed by atoms with Gasteiger partial charge in [0.15, 0.2) is 0 Å². The highest BCUT2D eigenvalue weighted by Gasteiger charge is 2.34. The third-order valence-corrected chi connectivity index (χ3v) is 5.62. The SMILES string of the molecule is CC1(n2c(=O)[nH]c(Cl)c(C3CCCC3)c2=O)CCCCC1. The maximum absolute atomic E-state index is 13.0. The van der Waals surface area contributed by atoms with E-state index >= 15 is 0 Å². The highest BCUT2D eigenvalue weighted by atomic mass is 35.5. The van der Waals surface area contributed by atoms with E-state index in [0.29, 0.717) is 5.56 Å². The van der Waals surface area contributed by atoms with Crippen molar-refractivity contribution in [1.82, 2.24) is 9.55 Å². The van der Waals surface area contributed by atoms with E-state index < -0.39 is 0 Å². The summed E-state index contributed by atoms with van der Waals surface area (Å²) in [4.78, 5) is 28.0. The molecule has 0 radical (unpaired) electrons. The quantitative estimate of drug-likeness (QED) is 0.850. The first kappa shape index (κ1) is 14.9. The molecule has 2 aliphatic rings. The molecular formula is C16H23ClN2O2. The number of aromatic nitrogens is 2. The van der Waals surface area contributed by atoms with E-state index in [2.05, 4.69) is 4.98 Å². The Morgan fingerprint density at radius 3 is 2.33 bits per heavy atom. The lowest BCUT2D eigenvalue weighted by Gasteiger charge is -2.35. The summed E-state index contributed by atoms with van der Waals surface area (Å²) in [7, 11) is 0. The Labute approximate surface area is 129 Å². The Morgan fingerprint density at radius 1 is 1.10 bits per heavy atom. The number of halogens is 1. The maximum atomic E-state index is 13.0. The number of aromatic amines is 1. The molecule has 3 rings (SSSR count). The fourth-order valence-corrected chi connectivity index (χ4v) is 4.44. The van der Waals surface area contributed by atoms with Crippen LogP contribution in [0.2, 0.25) is 5.15 Å². The number of hydrogen-bond donors (Lipinski definition) is 1. The zero-order valence-corrected chi connectivity index (χ0v) is 13.3. The van der Waals surface area contributed by atoms with E-state index in [9.17, 15) is 9.59 Å². The van der Waals surface area contributed by atoms with Crippen molar-refractivity contribution in [2.24, 2.45) is 0 Å². The third-order valence-electron chi connectivity index (χ3n) is 5.32. The number of nitrogens with one attached hydrogen (secondary N) is 1. The Bertz CT molecular complexity index is 635. The van der Waals surface area contributed by atoms with E-state index in [1.165, 1.54) is 11.0 Å². The number of hydrogen-bond acceptors (Lipinski definition) is 2.